The van der Waals surface area contributed by atoms with Crippen LogP contribution in [0.2, 0.25) is 0 Å². The van der Waals surface area contributed by atoms with Crippen molar-refractivity contribution in [1.29, 1.82) is 0 Å². The lowest BCUT2D eigenvalue weighted by atomic mass is 9.97. The third-order valence-electron chi connectivity index (χ3n) is 3.49. The molecule has 0 spiro atoms. The molecule has 0 unspecified atom stereocenters. The van der Waals surface area contributed by atoms with Gasteiger partial charge in [0.15, 0.2) is 0 Å². The first-order valence-electron chi connectivity index (χ1n) is 6.80. The van der Waals surface area contributed by atoms with Crippen LogP contribution >= 0.6 is 0 Å². The van der Waals surface area contributed by atoms with Crippen molar-refractivity contribution >= 4 is 17.9 Å². The van der Waals surface area contributed by atoms with Crippen molar-refractivity contribution in [2.75, 3.05) is 0 Å². The second-order valence-corrected chi connectivity index (χ2v) is 5.07. The van der Waals surface area contributed by atoms with E-state index < -0.39 is 17.9 Å². The Morgan fingerprint density at radius 2 is 1.33 bits per heavy atom. The van der Waals surface area contributed by atoms with Crippen LogP contribution in [0.4, 0.5) is 0 Å². The second kappa shape index (κ2) is 6.39. The second-order valence-electron chi connectivity index (χ2n) is 5.07. The molecular formula is C15H16O6. The minimum Gasteiger partial charge on any atom is -0.478 e. The fraction of sp³-hybridized carbons (Fsp3) is 0.400. The fourth-order valence-corrected chi connectivity index (χ4v) is 2.39. The van der Waals surface area contributed by atoms with E-state index in [1.165, 1.54) is 0 Å². The van der Waals surface area contributed by atoms with E-state index in [0.717, 1.165) is 50.3 Å². The normalized spacial score (nSPS) is 15.4. The summed E-state index contributed by atoms with van der Waals surface area (Å²) in [5.41, 5.74) is -0.533. The largest absolute Gasteiger partial charge is 0.478 e. The molecule has 1 aliphatic carbocycles. The zero-order valence-corrected chi connectivity index (χ0v) is 11.4. The lowest BCUT2D eigenvalue weighted by Gasteiger charge is -2.21. The summed E-state index contributed by atoms with van der Waals surface area (Å²) in [6.07, 6.45) is 4.51. The van der Waals surface area contributed by atoms with E-state index in [2.05, 4.69) is 0 Å². The molecule has 0 aromatic heterocycles. The van der Waals surface area contributed by atoms with Crippen molar-refractivity contribution in [1.82, 2.24) is 0 Å². The van der Waals surface area contributed by atoms with Crippen molar-refractivity contribution < 1.29 is 29.3 Å². The summed E-state index contributed by atoms with van der Waals surface area (Å²) >= 11 is 0. The van der Waals surface area contributed by atoms with Gasteiger partial charge in [-0.25, -0.2) is 14.4 Å². The van der Waals surface area contributed by atoms with E-state index in [9.17, 15) is 14.4 Å². The number of carboxylic acids is 2. The highest BCUT2D eigenvalue weighted by Gasteiger charge is 2.21. The van der Waals surface area contributed by atoms with Gasteiger partial charge in [-0.15, -0.1) is 0 Å². The van der Waals surface area contributed by atoms with E-state index in [-0.39, 0.29) is 22.8 Å². The average molecular weight is 292 g/mol. The summed E-state index contributed by atoms with van der Waals surface area (Å²) < 4.78 is 5.32. The Morgan fingerprint density at radius 1 is 0.857 bits per heavy atom. The van der Waals surface area contributed by atoms with E-state index in [1.807, 2.05) is 0 Å². The monoisotopic (exact) mass is 292 g/mol. The first-order chi connectivity index (χ1) is 9.97. The summed E-state index contributed by atoms with van der Waals surface area (Å²) in [5.74, 6) is -3.25. The highest BCUT2D eigenvalue weighted by atomic mass is 16.5. The molecule has 2 rings (SSSR count). The van der Waals surface area contributed by atoms with Crippen molar-refractivity contribution in [3.05, 3.63) is 34.9 Å². The summed E-state index contributed by atoms with van der Waals surface area (Å²) in [6, 6.07) is 3.29. The molecule has 0 radical (unpaired) electrons. The summed E-state index contributed by atoms with van der Waals surface area (Å²) in [4.78, 5) is 34.0. The summed E-state index contributed by atoms with van der Waals surface area (Å²) in [5, 5.41) is 17.9. The highest BCUT2D eigenvalue weighted by Crippen LogP contribution is 2.22. The van der Waals surface area contributed by atoms with Gasteiger partial charge in [-0.3, -0.25) is 0 Å². The Kier molecular flexibility index (Phi) is 4.57. The van der Waals surface area contributed by atoms with Crippen molar-refractivity contribution in [2.45, 2.75) is 38.2 Å². The number of ether oxygens (including phenoxy) is 1. The maximum absolute atomic E-state index is 12.1. The van der Waals surface area contributed by atoms with Crippen LogP contribution in [0.1, 0.15) is 63.2 Å². The first kappa shape index (κ1) is 15.0. The molecule has 112 valence electrons. The van der Waals surface area contributed by atoms with Crippen molar-refractivity contribution in [3.8, 4) is 0 Å². The van der Waals surface area contributed by atoms with Gasteiger partial charge < -0.3 is 14.9 Å². The Bertz CT molecular complexity index is 539. The summed E-state index contributed by atoms with van der Waals surface area (Å²) in [6.45, 7) is 0. The summed E-state index contributed by atoms with van der Waals surface area (Å²) in [7, 11) is 0. The van der Waals surface area contributed by atoms with E-state index >= 15 is 0 Å². The number of hydrogen-bond acceptors (Lipinski definition) is 4. The van der Waals surface area contributed by atoms with Crippen molar-refractivity contribution in [3.63, 3.8) is 0 Å². The van der Waals surface area contributed by atoms with Crippen LogP contribution in [0.3, 0.4) is 0 Å². The van der Waals surface area contributed by atoms with Gasteiger partial charge in [-0.1, -0.05) is 6.42 Å². The zero-order chi connectivity index (χ0) is 15.4. The Labute approximate surface area is 121 Å². The topological polar surface area (TPSA) is 101 Å². The van der Waals surface area contributed by atoms with Gasteiger partial charge in [0.25, 0.3) is 0 Å². The van der Waals surface area contributed by atoms with E-state index in [1.54, 1.807) is 0 Å². The predicted molar refractivity (Wildman–Crippen MR) is 72.6 cm³/mol. The molecule has 6 heteroatoms. The van der Waals surface area contributed by atoms with Gasteiger partial charge in [-0.05, 0) is 43.9 Å². The molecule has 2 N–H and O–H groups in total. The Morgan fingerprint density at radius 3 is 1.81 bits per heavy atom. The molecule has 1 aromatic carbocycles. The maximum Gasteiger partial charge on any atom is 0.338 e. The molecule has 1 aromatic rings. The fourth-order valence-electron chi connectivity index (χ4n) is 2.39. The van der Waals surface area contributed by atoms with Gasteiger partial charge in [0.1, 0.15) is 6.10 Å². The third kappa shape index (κ3) is 3.81. The highest BCUT2D eigenvalue weighted by molar-refractivity contribution is 5.99. The molecule has 0 heterocycles. The van der Waals surface area contributed by atoms with Crippen LogP contribution in [0.15, 0.2) is 18.2 Å². The molecule has 6 nitrogen and oxygen atoms in total. The Hall–Kier alpha value is -2.37. The van der Waals surface area contributed by atoms with Gasteiger partial charge in [-0.2, -0.15) is 0 Å². The minimum absolute atomic E-state index is 0.0436. The number of carbonyl (C=O) groups is 3. The molecular weight excluding hydrogens is 276 g/mol. The molecule has 0 aliphatic heterocycles. The lowest BCUT2D eigenvalue weighted by molar-refractivity contribution is 0.0211. The molecule has 21 heavy (non-hydrogen) atoms. The SMILES string of the molecule is O=C(O)c1cc(C(=O)O)cc(C(=O)OC2CCCCC2)c1. The van der Waals surface area contributed by atoms with Gasteiger partial charge in [0.05, 0.1) is 16.7 Å². The molecule has 1 aliphatic rings. The van der Waals surface area contributed by atoms with Gasteiger partial charge >= 0.3 is 17.9 Å². The van der Waals surface area contributed by atoms with Crippen LogP contribution in [0, 0.1) is 0 Å². The molecule has 0 atom stereocenters. The lowest BCUT2D eigenvalue weighted by Crippen LogP contribution is -2.21. The molecule has 0 bridgehead atoms. The number of carbonyl (C=O) groups excluding carboxylic acids is 1. The van der Waals surface area contributed by atoms with Gasteiger partial charge in [0, 0.05) is 0 Å². The molecule has 0 amide bonds. The first-order valence-corrected chi connectivity index (χ1v) is 6.80. The quantitative estimate of drug-likeness (QED) is 0.827. The third-order valence-corrected chi connectivity index (χ3v) is 3.49. The maximum atomic E-state index is 12.1. The number of carboxylic acid groups (broad SMARTS) is 2. The minimum atomic E-state index is -1.29. The molecule has 1 saturated carbocycles. The van der Waals surface area contributed by atoms with Gasteiger partial charge in [0.2, 0.25) is 0 Å². The molecule has 1 fully saturated rings. The van der Waals surface area contributed by atoms with Crippen LogP contribution in [-0.4, -0.2) is 34.2 Å². The van der Waals surface area contributed by atoms with Crippen LogP contribution in [-0.2, 0) is 4.74 Å². The molecule has 0 saturated heterocycles. The van der Waals surface area contributed by atoms with Crippen LogP contribution < -0.4 is 0 Å². The van der Waals surface area contributed by atoms with Crippen LogP contribution in [0.25, 0.3) is 0 Å². The van der Waals surface area contributed by atoms with Crippen molar-refractivity contribution in [2.24, 2.45) is 0 Å². The number of hydrogen-bond donors (Lipinski definition) is 2. The van der Waals surface area contributed by atoms with Crippen LogP contribution in [0.5, 0.6) is 0 Å². The van der Waals surface area contributed by atoms with E-state index in [0.29, 0.717) is 0 Å². The Balaban J connectivity index is 2.22. The number of rotatable bonds is 4. The zero-order valence-electron chi connectivity index (χ0n) is 11.4. The van der Waals surface area contributed by atoms with E-state index in [4.69, 9.17) is 14.9 Å². The average Bonchev–Trinajstić information content (AvgIpc) is 2.47. The smallest absolute Gasteiger partial charge is 0.338 e. The number of aromatic carboxylic acids is 2. The standard InChI is InChI=1S/C15H16O6/c16-13(17)9-6-10(14(18)19)8-11(7-9)15(20)21-12-4-2-1-3-5-12/h6-8,12H,1-5H2,(H,16,17)(H,18,19). The number of esters is 1. The predicted octanol–water partition coefficient (Wildman–Crippen LogP) is 2.57. The number of benzene rings is 1.